The van der Waals surface area contributed by atoms with Gasteiger partial charge in [0.25, 0.3) is 5.91 Å². The quantitative estimate of drug-likeness (QED) is 0.541. The molecule has 0 bridgehead atoms. The number of rotatable bonds is 7. The van der Waals surface area contributed by atoms with Crippen molar-refractivity contribution in [1.82, 2.24) is 4.31 Å². The number of hydrogen-bond acceptors (Lipinski definition) is 6. The lowest BCUT2D eigenvalue weighted by molar-refractivity contribution is 0.0993. The predicted molar refractivity (Wildman–Crippen MR) is 114 cm³/mol. The van der Waals surface area contributed by atoms with Crippen LogP contribution in [-0.2, 0) is 16.6 Å². The van der Waals surface area contributed by atoms with E-state index in [1.165, 1.54) is 28.8 Å². The van der Waals surface area contributed by atoms with Crippen LogP contribution in [0.2, 0.25) is 0 Å². The summed E-state index contributed by atoms with van der Waals surface area (Å²) in [4.78, 5) is 12.8. The van der Waals surface area contributed by atoms with Crippen molar-refractivity contribution in [2.24, 2.45) is 0 Å². The van der Waals surface area contributed by atoms with Crippen molar-refractivity contribution in [1.29, 1.82) is 0 Å². The number of aromatic hydroxyl groups is 1. The highest BCUT2D eigenvalue weighted by Crippen LogP contribution is 2.30. The van der Waals surface area contributed by atoms with Crippen molar-refractivity contribution in [3.8, 4) is 11.5 Å². The van der Waals surface area contributed by atoms with Gasteiger partial charge in [-0.25, -0.2) is 8.42 Å². The smallest absolute Gasteiger partial charge is 0.291 e. The van der Waals surface area contributed by atoms with Crippen molar-refractivity contribution < 1.29 is 27.5 Å². The van der Waals surface area contributed by atoms with E-state index in [0.717, 1.165) is 12.8 Å². The highest BCUT2D eigenvalue weighted by molar-refractivity contribution is 7.89. The molecule has 8 nitrogen and oxygen atoms in total. The van der Waals surface area contributed by atoms with Gasteiger partial charge in [0, 0.05) is 18.7 Å². The van der Waals surface area contributed by atoms with Crippen LogP contribution >= 0.6 is 0 Å². The Morgan fingerprint density at radius 2 is 1.84 bits per heavy atom. The average molecular weight is 442 g/mol. The maximum absolute atomic E-state index is 12.8. The summed E-state index contributed by atoms with van der Waals surface area (Å²) in [6, 6.07) is 14.6. The molecule has 0 atom stereocenters. The van der Waals surface area contributed by atoms with Crippen LogP contribution in [0.15, 0.2) is 70.2 Å². The largest absolute Gasteiger partial charge is 0.506 e. The van der Waals surface area contributed by atoms with Gasteiger partial charge in [-0.15, -0.1) is 0 Å². The second kappa shape index (κ2) is 8.83. The Morgan fingerprint density at radius 3 is 2.58 bits per heavy atom. The van der Waals surface area contributed by atoms with Gasteiger partial charge in [-0.1, -0.05) is 18.2 Å². The third-order valence-corrected chi connectivity index (χ3v) is 6.90. The predicted octanol–water partition coefficient (Wildman–Crippen LogP) is 3.60. The van der Waals surface area contributed by atoms with Gasteiger partial charge in [-0.05, 0) is 49.2 Å². The third kappa shape index (κ3) is 4.57. The number of nitrogens with one attached hydrogen (secondary N) is 1. The van der Waals surface area contributed by atoms with Crippen molar-refractivity contribution >= 4 is 21.6 Å². The summed E-state index contributed by atoms with van der Waals surface area (Å²) in [7, 11) is -3.69. The SMILES string of the molecule is O=C(Nc1cc(S(=O)(=O)N2CCCC2)ccc1O)c1occc1COc1ccccc1. The van der Waals surface area contributed by atoms with Gasteiger partial charge in [0.15, 0.2) is 5.76 Å². The average Bonchev–Trinajstić information content (AvgIpc) is 3.47. The van der Waals surface area contributed by atoms with Crippen LogP contribution in [0.3, 0.4) is 0 Å². The molecule has 9 heteroatoms. The number of sulfonamides is 1. The van der Waals surface area contributed by atoms with Crippen LogP contribution in [0, 0.1) is 0 Å². The lowest BCUT2D eigenvalue weighted by Gasteiger charge is -2.16. The van der Waals surface area contributed by atoms with Crippen molar-refractivity contribution in [2.45, 2.75) is 24.3 Å². The third-order valence-electron chi connectivity index (χ3n) is 5.01. The summed E-state index contributed by atoms with van der Waals surface area (Å²) in [6.45, 7) is 1.03. The second-order valence-electron chi connectivity index (χ2n) is 7.12. The summed E-state index contributed by atoms with van der Waals surface area (Å²) < 4.78 is 37.9. The highest BCUT2D eigenvalue weighted by Gasteiger charge is 2.28. The number of carbonyl (C=O) groups excluding carboxylic acids is 1. The zero-order valence-corrected chi connectivity index (χ0v) is 17.5. The molecule has 2 N–H and O–H groups in total. The molecule has 162 valence electrons. The van der Waals surface area contributed by atoms with Gasteiger partial charge >= 0.3 is 0 Å². The minimum Gasteiger partial charge on any atom is -0.506 e. The van der Waals surface area contributed by atoms with E-state index in [2.05, 4.69) is 5.32 Å². The zero-order valence-electron chi connectivity index (χ0n) is 16.7. The summed E-state index contributed by atoms with van der Waals surface area (Å²) in [6.07, 6.45) is 2.99. The number of benzene rings is 2. The normalized spacial score (nSPS) is 14.5. The van der Waals surface area contributed by atoms with E-state index in [0.29, 0.717) is 24.4 Å². The number of ether oxygens (including phenoxy) is 1. The minimum absolute atomic E-state index is 0.00887. The maximum atomic E-state index is 12.8. The lowest BCUT2D eigenvalue weighted by Crippen LogP contribution is -2.28. The second-order valence-corrected chi connectivity index (χ2v) is 9.06. The molecule has 1 aliphatic rings. The van der Waals surface area contributed by atoms with Crippen LogP contribution in [0.4, 0.5) is 5.69 Å². The maximum Gasteiger partial charge on any atom is 0.291 e. The molecule has 1 saturated heterocycles. The van der Waals surface area contributed by atoms with E-state index < -0.39 is 15.9 Å². The molecular weight excluding hydrogens is 420 g/mol. The first-order valence-corrected chi connectivity index (χ1v) is 11.3. The minimum atomic E-state index is -3.69. The number of amides is 1. The van der Waals surface area contributed by atoms with Crippen molar-refractivity contribution in [3.05, 3.63) is 72.2 Å². The Kier molecular flexibility index (Phi) is 5.97. The van der Waals surface area contributed by atoms with Crippen LogP contribution in [0.25, 0.3) is 0 Å². The van der Waals surface area contributed by atoms with E-state index in [9.17, 15) is 18.3 Å². The highest BCUT2D eigenvalue weighted by atomic mass is 32.2. The topological polar surface area (TPSA) is 109 Å². The Balaban J connectivity index is 1.51. The molecule has 0 spiro atoms. The molecule has 31 heavy (non-hydrogen) atoms. The van der Waals surface area contributed by atoms with Crippen molar-refractivity contribution in [3.63, 3.8) is 0 Å². The summed E-state index contributed by atoms with van der Waals surface area (Å²) in [5, 5.41) is 12.7. The fraction of sp³-hybridized carbons (Fsp3) is 0.227. The zero-order chi connectivity index (χ0) is 21.8. The Labute approximate surface area is 180 Å². The van der Waals surface area contributed by atoms with E-state index >= 15 is 0 Å². The first-order chi connectivity index (χ1) is 14.9. The summed E-state index contributed by atoms with van der Waals surface area (Å²) in [5.41, 5.74) is 0.498. The van der Waals surface area contributed by atoms with Gasteiger partial charge in [0.1, 0.15) is 18.1 Å². The van der Waals surface area contributed by atoms with E-state index in [1.807, 2.05) is 18.2 Å². The van der Waals surface area contributed by atoms with Crippen LogP contribution in [0.5, 0.6) is 11.5 Å². The van der Waals surface area contributed by atoms with Gasteiger partial charge < -0.3 is 19.6 Å². The number of hydrogen-bond donors (Lipinski definition) is 2. The molecule has 1 fully saturated rings. The number of anilines is 1. The van der Waals surface area contributed by atoms with E-state index in [1.54, 1.807) is 18.2 Å². The standard InChI is InChI=1S/C22H22N2O6S/c25-20-9-8-18(31(27,28)24-11-4-5-12-24)14-19(20)23-22(26)21-16(10-13-29-21)15-30-17-6-2-1-3-7-17/h1-3,6-10,13-14,25H,4-5,11-12,15H2,(H,23,26). The number of furan rings is 1. The summed E-state index contributed by atoms with van der Waals surface area (Å²) >= 11 is 0. The number of phenols is 1. The van der Waals surface area contributed by atoms with E-state index in [-0.39, 0.29) is 28.7 Å². The van der Waals surface area contributed by atoms with Crippen LogP contribution in [0.1, 0.15) is 29.0 Å². The van der Waals surface area contributed by atoms with Crippen LogP contribution in [-0.4, -0.2) is 36.8 Å². The number of nitrogens with zero attached hydrogens (tertiary/aromatic N) is 1. The molecule has 1 aromatic heterocycles. The van der Waals surface area contributed by atoms with E-state index in [4.69, 9.17) is 9.15 Å². The van der Waals surface area contributed by atoms with Crippen molar-refractivity contribution in [2.75, 3.05) is 18.4 Å². The van der Waals surface area contributed by atoms with Gasteiger partial charge in [-0.2, -0.15) is 4.31 Å². The number of para-hydroxylation sites is 1. The molecule has 1 aliphatic heterocycles. The van der Waals surface area contributed by atoms with Crippen LogP contribution < -0.4 is 10.1 Å². The van der Waals surface area contributed by atoms with Gasteiger partial charge in [-0.3, -0.25) is 4.79 Å². The molecule has 0 radical (unpaired) electrons. The Morgan fingerprint density at radius 1 is 1.10 bits per heavy atom. The molecule has 0 aliphatic carbocycles. The monoisotopic (exact) mass is 442 g/mol. The Hall–Kier alpha value is -3.30. The molecule has 2 heterocycles. The molecular formula is C22H22N2O6S. The number of carbonyl (C=O) groups is 1. The fourth-order valence-corrected chi connectivity index (χ4v) is 4.90. The fourth-order valence-electron chi connectivity index (χ4n) is 3.36. The first-order valence-electron chi connectivity index (χ1n) is 9.84. The molecule has 1 amide bonds. The molecule has 0 unspecified atom stereocenters. The lowest BCUT2D eigenvalue weighted by atomic mass is 10.2. The molecule has 4 rings (SSSR count). The number of phenolic OH excluding ortho intramolecular Hbond substituents is 1. The molecule has 2 aromatic carbocycles. The van der Waals surface area contributed by atoms with Gasteiger partial charge in [0.2, 0.25) is 10.0 Å². The van der Waals surface area contributed by atoms with Gasteiger partial charge in [0.05, 0.1) is 16.8 Å². The molecule has 0 saturated carbocycles. The summed E-state index contributed by atoms with van der Waals surface area (Å²) in [5.74, 6) is -0.208. The molecule has 3 aromatic rings. The Bertz CT molecular complexity index is 1170. The first kappa shape index (κ1) is 21.0.